The van der Waals surface area contributed by atoms with Gasteiger partial charge in [-0.25, -0.2) is 23.4 Å². The predicted octanol–water partition coefficient (Wildman–Crippen LogP) is 6.47. The molecule has 0 bridgehead atoms. The average molecular weight is 493 g/mol. The van der Waals surface area contributed by atoms with Gasteiger partial charge in [-0.05, 0) is 72.2 Å². The molecule has 1 aliphatic heterocycles. The number of benzene rings is 1. The van der Waals surface area contributed by atoms with E-state index in [9.17, 15) is 18.4 Å². The molecule has 0 aliphatic carbocycles. The number of hydrogen-bond donors (Lipinski definition) is 2. The second kappa shape index (κ2) is 9.47. The standard InChI is InChI=1S/C25H34F2N4O4/c1-15-12-16-13-17(28-21(32)34-23(2,3)4)14-18(31-10-8-25(26,27)9-11-31)19(16)29-20(15)30-22(33)35-24(5,6)7/h12-14H,8-11H2,1-7H3,(H,28,32)(H,29,30,33). The van der Waals surface area contributed by atoms with Crippen LogP contribution in [0.4, 0.5) is 35.6 Å². The van der Waals surface area contributed by atoms with Gasteiger partial charge in [0.2, 0.25) is 0 Å². The van der Waals surface area contributed by atoms with E-state index < -0.39 is 29.3 Å². The van der Waals surface area contributed by atoms with E-state index in [0.29, 0.717) is 33.7 Å². The first-order chi connectivity index (χ1) is 16.0. The van der Waals surface area contributed by atoms with Crippen molar-refractivity contribution < 1.29 is 27.8 Å². The van der Waals surface area contributed by atoms with E-state index in [1.165, 1.54) is 0 Å². The molecule has 2 aromatic rings. The number of carbonyl (C=O) groups is 2. The molecular formula is C25H34F2N4O4. The molecule has 0 atom stereocenters. The molecule has 0 unspecified atom stereocenters. The van der Waals surface area contributed by atoms with Crippen LogP contribution in [0.2, 0.25) is 0 Å². The molecule has 35 heavy (non-hydrogen) atoms. The summed E-state index contributed by atoms with van der Waals surface area (Å²) in [5.74, 6) is -2.41. The highest BCUT2D eigenvalue weighted by Gasteiger charge is 2.35. The SMILES string of the molecule is Cc1cc2cc(NC(=O)OC(C)(C)C)cc(N3CCC(F)(F)CC3)c2nc1NC(=O)OC(C)(C)C. The van der Waals surface area contributed by atoms with Crippen LogP contribution in [0.15, 0.2) is 18.2 Å². The lowest BCUT2D eigenvalue weighted by atomic mass is 10.0. The van der Waals surface area contributed by atoms with Crippen LogP contribution < -0.4 is 15.5 Å². The van der Waals surface area contributed by atoms with Crippen LogP contribution in [0.1, 0.15) is 59.9 Å². The molecule has 1 aliphatic rings. The van der Waals surface area contributed by atoms with Gasteiger partial charge >= 0.3 is 12.2 Å². The minimum absolute atomic E-state index is 0.127. The second-order valence-corrected chi connectivity index (χ2v) is 10.8. The number of nitrogens with zero attached hydrogens (tertiary/aromatic N) is 2. The van der Waals surface area contributed by atoms with Gasteiger partial charge in [0.25, 0.3) is 5.92 Å². The lowest BCUT2D eigenvalue weighted by molar-refractivity contribution is -0.0220. The Morgan fingerprint density at radius 2 is 1.49 bits per heavy atom. The quantitative estimate of drug-likeness (QED) is 0.510. The van der Waals surface area contributed by atoms with Crippen molar-refractivity contribution in [2.24, 2.45) is 0 Å². The molecule has 1 fully saturated rings. The lowest BCUT2D eigenvalue weighted by Crippen LogP contribution is -2.39. The summed E-state index contributed by atoms with van der Waals surface area (Å²) in [6, 6.07) is 5.24. The first-order valence-corrected chi connectivity index (χ1v) is 11.6. The van der Waals surface area contributed by atoms with Crippen molar-refractivity contribution in [1.29, 1.82) is 0 Å². The highest BCUT2D eigenvalue weighted by Crippen LogP contribution is 2.36. The number of rotatable bonds is 3. The number of pyridine rings is 1. The maximum atomic E-state index is 13.8. The van der Waals surface area contributed by atoms with Crippen LogP contribution >= 0.6 is 0 Å². The summed E-state index contributed by atoms with van der Waals surface area (Å²) in [5.41, 5.74) is 0.865. The fraction of sp³-hybridized carbons (Fsp3) is 0.560. The number of aryl methyl sites for hydroxylation is 1. The molecule has 0 saturated carbocycles. The van der Waals surface area contributed by atoms with E-state index in [2.05, 4.69) is 15.6 Å². The molecule has 192 valence electrons. The molecule has 0 radical (unpaired) electrons. The van der Waals surface area contributed by atoms with Crippen molar-refractivity contribution >= 4 is 40.3 Å². The molecular weight excluding hydrogens is 458 g/mol. The number of halogens is 2. The normalized spacial score (nSPS) is 16.1. The Balaban J connectivity index is 2.01. The Morgan fingerprint density at radius 3 is 2.03 bits per heavy atom. The zero-order chi connectivity index (χ0) is 26.2. The number of aromatic nitrogens is 1. The minimum atomic E-state index is -2.72. The summed E-state index contributed by atoms with van der Waals surface area (Å²) in [4.78, 5) is 31.2. The smallest absolute Gasteiger partial charge is 0.413 e. The van der Waals surface area contributed by atoms with E-state index >= 15 is 0 Å². The van der Waals surface area contributed by atoms with E-state index in [0.717, 1.165) is 0 Å². The molecule has 3 rings (SSSR count). The molecule has 8 nitrogen and oxygen atoms in total. The summed E-state index contributed by atoms with van der Waals surface area (Å²) in [5, 5.41) is 6.08. The maximum absolute atomic E-state index is 13.8. The Labute approximate surface area is 204 Å². The number of amides is 2. The number of alkyl halides is 2. The number of carbonyl (C=O) groups excluding carboxylic acids is 2. The number of nitrogens with one attached hydrogen (secondary N) is 2. The van der Waals surface area contributed by atoms with Gasteiger partial charge in [0.05, 0.1) is 11.2 Å². The van der Waals surface area contributed by atoms with Crippen LogP contribution in [0.3, 0.4) is 0 Å². The summed E-state index contributed by atoms with van der Waals surface area (Å²) in [6.45, 7) is 12.6. The van der Waals surface area contributed by atoms with Crippen molar-refractivity contribution in [3.63, 3.8) is 0 Å². The number of hydrogen-bond acceptors (Lipinski definition) is 6. The molecule has 10 heteroatoms. The third-order valence-corrected chi connectivity index (χ3v) is 5.19. The monoisotopic (exact) mass is 492 g/mol. The number of fused-ring (bicyclic) bond motifs is 1. The van der Waals surface area contributed by atoms with Crippen LogP contribution in [0.25, 0.3) is 10.9 Å². The average Bonchev–Trinajstić information content (AvgIpc) is 2.65. The van der Waals surface area contributed by atoms with Crippen LogP contribution in [0.5, 0.6) is 0 Å². The van der Waals surface area contributed by atoms with Gasteiger partial charge in [-0.15, -0.1) is 0 Å². The van der Waals surface area contributed by atoms with E-state index in [1.807, 2.05) is 11.0 Å². The Kier molecular flexibility index (Phi) is 7.15. The Hall–Kier alpha value is -3.17. The van der Waals surface area contributed by atoms with Crippen molar-refractivity contribution in [3.05, 3.63) is 23.8 Å². The topological polar surface area (TPSA) is 92.8 Å². The van der Waals surface area contributed by atoms with E-state index in [-0.39, 0.29) is 25.9 Å². The van der Waals surface area contributed by atoms with Crippen LogP contribution in [0, 0.1) is 6.92 Å². The molecule has 1 saturated heterocycles. The molecule has 2 heterocycles. The highest BCUT2D eigenvalue weighted by molar-refractivity contribution is 5.99. The molecule has 2 amide bonds. The molecule has 1 aromatic heterocycles. The summed E-state index contributed by atoms with van der Waals surface area (Å²) in [6.07, 6.45) is -1.84. The Bertz CT molecular complexity index is 1110. The summed E-state index contributed by atoms with van der Waals surface area (Å²) < 4.78 is 38.4. The van der Waals surface area contributed by atoms with Crippen molar-refractivity contribution in [3.8, 4) is 0 Å². The molecule has 0 spiro atoms. The van der Waals surface area contributed by atoms with Gasteiger partial charge in [0, 0.05) is 37.0 Å². The largest absolute Gasteiger partial charge is 0.444 e. The lowest BCUT2D eigenvalue weighted by Gasteiger charge is -2.34. The highest BCUT2D eigenvalue weighted by atomic mass is 19.3. The fourth-order valence-electron chi connectivity index (χ4n) is 3.71. The third kappa shape index (κ3) is 7.40. The first kappa shape index (κ1) is 26.4. The minimum Gasteiger partial charge on any atom is -0.444 e. The maximum Gasteiger partial charge on any atom is 0.413 e. The number of piperidine rings is 1. The summed E-state index contributed by atoms with van der Waals surface area (Å²) in [7, 11) is 0. The third-order valence-electron chi connectivity index (χ3n) is 5.19. The zero-order valence-electron chi connectivity index (χ0n) is 21.3. The van der Waals surface area contributed by atoms with Crippen molar-refractivity contribution in [2.45, 2.75) is 78.4 Å². The molecule has 1 aromatic carbocycles. The van der Waals surface area contributed by atoms with E-state index in [1.54, 1.807) is 60.6 Å². The van der Waals surface area contributed by atoms with Gasteiger partial charge < -0.3 is 14.4 Å². The Morgan fingerprint density at radius 1 is 0.943 bits per heavy atom. The second-order valence-electron chi connectivity index (χ2n) is 10.8. The predicted molar refractivity (Wildman–Crippen MR) is 133 cm³/mol. The van der Waals surface area contributed by atoms with Crippen molar-refractivity contribution in [1.82, 2.24) is 4.98 Å². The van der Waals surface area contributed by atoms with Crippen LogP contribution in [-0.2, 0) is 9.47 Å². The van der Waals surface area contributed by atoms with Crippen molar-refractivity contribution in [2.75, 3.05) is 28.6 Å². The van der Waals surface area contributed by atoms with Gasteiger partial charge in [-0.3, -0.25) is 10.6 Å². The number of anilines is 3. The zero-order valence-corrected chi connectivity index (χ0v) is 21.3. The summed E-state index contributed by atoms with van der Waals surface area (Å²) >= 11 is 0. The van der Waals surface area contributed by atoms with Gasteiger partial charge in [0.1, 0.15) is 17.0 Å². The van der Waals surface area contributed by atoms with Crippen LogP contribution in [-0.4, -0.2) is 47.4 Å². The number of ether oxygens (including phenoxy) is 2. The first-order valence-electron chi connectivity index (χ1n) is 11.6. The van der Waals surface area contributed by atoms with Gasteiger partial charge in [0.15, 0.2) is 0 Å². The van der Waals surface area contributed by atoms with Gasteiger partial charge in [-0.1, -0.05) is 0 Å². The van der Waals surface area contributed by atoms with E-state index in [4.69, 9.17) is 9.47 Å². The van der Waals surface area contributed by atoms with Gasteiger partial charge in [-0.2, -0.15) is 0 Å². The fourth-order valence-corrected chi connectivity index (χ4v) is 3.71. The molecule has 2 N–H and O–H groups in total.